The molecule has 0 saturated carbocycles. The molecular weight excluding hydrogens is 430 g/mol. The van der Waals surface area contributed by atoms with Crippen molar-refractivity contribution in [1.82, 2.24) is 10.2 Å². The van der Waals surface area contributed by atoms with Gasteiger partial charge >= 0.3 is 0 Å². The standard InChI is InChI=1S/C26H23N5OS/c1-26(2,15-28)20-9-7-17(8-10-20)22-23(30-25(29)31(3)24(22)32)21-12-19(14-33-21)18-6-4-5-16(11-18)13-27/h4-11,14,22H,12H2,1-3H3,(H2,29,30)/b23-21+/t22-/m1/s1. The van der Waals surface area contributed by atoms with E-state index in [4.69, 9.17) is 5.41 Å². The second kappa shape index (κ2) is 8.61. The summed E-state index contributed by atoms with van der Waals surface area (Å²) >= 11 is 1.54. The summed E-state index contributed by atoms with van der Waals surface area (Å²) in [5, 5.41) is 32.1. The zero-order chi connectivity index (χ0) is 23.8. The summed E-state index contributed by atoms with van der Waals surface area (Å²) in [5.74, 6) is -0.695. The minimum Gasteiger partial charge on any atom is -0.328 e. The summed E-state index contributed by atoms with van der Waals surface area (Å²) in [7, 11) is 1.60. The number of carbonyl (C=O) groups is 1. The van der Waals surface area contributed by atoms with Crippen LogP contribution >= 0.6 is 11.8 Å². The zero-order valence-electron chi connectivity index (χ0n) is 18.6. The third-order valence-electron chi connectivity index (χ3n) is 6.06. The number of benzene rings is 2. The first-order chi connectivity index (χ1) is 15.7. The van der Waals surface area contributed by atoms with Gasteiger partial charge in [0.2, 0.25) is 11.9 Å². The molecule has 1 saturated heterocycles. The van der Waals surface area contributed by atoms with E-state index in [1.54, 1.807) is 24.9 Å². The predicted molar refractivity (Wildman–Crippen MR) is 130 cm³/mol. The molecule has 2 N–H and O–H groups in total. The number of likely N-dealkylation sites (N-methyl/N-ethyl adjacent to an activating group) is 1. The first-order valence-corrected chi connectivity index (χ1v) is 11.4. The van der Waals surface area contributed by atoms with Gasteiger partial charge in [-0.1, -0.05) is 48.2 Å². The topological polar surface area (TPSA) is 104 Å². The molecule has 0 bridgehead atoms. The number of allylic oxidation sites excluding steroid dienone is 2. The zero-order valence-corrected chi connectivity index (χ0v) is 19.5. The largest absolute Gasteiger partial charge is 0.328 e. The van der Waals surface area contributed by atoms with Gasteiger partial charge in [-0.05, 0) is 53.7 Å². The molecule has 0 aromatic heterocycles. The van der Waals surface area contributed by atoms with Crippen molar-refractivity contribution in [3.05, 3.63) is 86.8 Å². The summed E-state index contributed by atoms with van der Waals surface area (Å²) in [6, 6.07) is 19.5. The van der Waals surface area contributed by atoms with Gasteiger partial charge in [0.05, 0.1) is 23.1 Å². The Balaban J connectivity index is 1.71. The van der Waals surface area contributed by atoms with Crippen LogP contribution in [0.5, 0.6) is 0 Å². The number of nitriles is 2. The summed E-state index contributed by atoms with van der Waals surface area (Å²) in [5.41, 5.74) is 4.45. The second-order valence-corrected chi connectivity index (χ2v) is 9.59. The number of nitrogens with one attached hydrogen (secondary N) is 2. The van der Waals surface area contributed by atoms with Gasteiger partial charge in [-0.25, -0.2) is 0 Å². The molecule has 0 radical (unpaired) electrons. The van der Waals surface area contributed by atoms with Gasteiger partial charge in [-0.15, -0.1) is 0 Å². The summed E-state index contributed by atoms with van der Waals surface area (Å²) < 4.78 is 0. The van der Waals surface area contributed by atoms with Crippen molar-refractivity contribution in [1.29, 1.82) is 15.9 Å². The average Bonchev–Trinajstić information content (AvgIpc) is 3.33. The molecule has 0 unspecified atom stereocenters. The van der Waals surface area contributed by atoms with E-state index in [1.165, 1.54) is 4.90 Å². The number of carbonyl (C=O) groups excluding carboxylic acids is 1. The minimum atomic E-state index is -0.619. The van der Waals surface area contributed by atoms with Crippen LogP contribution in [-0.4, -0.2) is 23.8 Å². The molecule has 33 heavy (non-hydrogen) atoms. The van der Waals surface area contributed by atoms with Crippen LogP contribution in [0, 0.1) is 28.1 Å². The van der Waals surface area contributed by atoms with E-state index in [0.717, 1.165) is 27.2 Å². The SMILES string of the molecule is CN1C(=N)N/C(=C2\CC(c3cccc(C#N)c3)=CS2)[C@@H](c2ccc(C(C)(C)C#N)cc2)C1=O. The van der Waals surface area contributed by atoms with Gasteiger partial charge in [-0.2, -0.15) is 10.5 Å². The Hall–Kier alpha value is -3.81. The number of hydrogen-bond donors (Lipinski definition) is 2. The highest BCUT2D eigenvalue weighted by Crippen LogP contribution is 2.44. The number of rotatable bonds is 3. The molecule has 2 aromatic rings. The van der Waals surface area contributed by atoms with Crippen LogP contribution < -0.4 is 5.32 Å². The molecule has 1 fully saturated rings. The normalized spacial score (nSPS) is 20.7. The van der Waals surface area contributed by atoms with Crippen molar-refractivity contribution in [2.24, 2.45) is 0 Å². The molecule has 0 aliphatic carbocycles. The lowest BCUT2D eigenvalue weighted by atomic mass is 9.84. The number of hydrogen-bond acceptors (Lipinski definition) is 5. The fourth-order valence-electron chi connectivity index (χ4n) is 3.92. The molecule has 7 heteroatoms. The van der Waals surface area contributed by atoms with Crippen LogP contribution in [0.1, 0.15) is 48.4 Å². The highest BCUT2D eigenvalue weighted by atomic mass is 32.2. The van der Waals surface area contributed by atoms with Crippen molar-refractivity contribution in [3.63, 3.8) is 0 Å². The van der Waals surface area contributed by atoms with Crippen LogP contribution in [0.3, 0.4) is 0 Å². The lowest BCUT2D eigenvalue weighted by Crippen LogP contribution is -2.51. The lowest BCUT2D eigenvalue weighted by Gasteiger charge is -2.34. The third-order valence-corrected chi connectivity index (χ3v) is 7.11. The summed E-state index contributed by atoms with van der Waals surface area (Å²) in [6.07, 6.45) is 0.613. The molecule has 2 aliphatic rings. The van der Waals surface area contributed by atoms with E-state index in [2.05, 4.69) is 17.5 Å². The molecule has 2 aliphatic heterocycles. The average molecular weight is 454 g/mol. The van der Waals surface area contributed by atoms with Crippen molar-refractivity contribution in [3.8, 4) is 12.1 Å². The molecule has 1 atom stereocenters. The number of amides is 1. The summed E-state index contributed by atoms with van der Waals surface area (Å²) in [6.45, 7) is 3.73. The van der Waals surface area contributed by atoms with Gasteiger partial charge < -0.3 is 5.32 Å². The Morgan fingerprint density at radius 3 is 2.58 bits per heavy atom. The maximum absolute atomic E-state index is 13.3. The molecule has 2 heterocycles. The summed E-state index contributed by atoms with van der Waals surface area (Å²) in [4.78, 5) is 15.6. The van der Waals surface area contributed by atoms with Crippen molar-refractivity contribution >= 4 is 29.2 Å². The van der Waals surface area contributed by atoms with Gasteiger partial charge in [0.15, 0.2) is 0 Å². The highest BCUT2D eigenvalue weighted by molar-refractivity contribution is 8.06. The Morgan fingerprint density at radius 2 is 1.91 bits per heavy atom. The van der Waals surface area contributed by atoms with Gasteiger partial charge in [-0.3, -0.25) is 15.1 Å². The monoisotopic (exact) mass is 453 g/mol. The van der Waals surface area contributed by atoms with Crippen LogP contribution in [0.25, 0.3) is 5.57 Å². The number of guanidine groups is 1. The quantitative estimate of drug-likeness (QED) is 0.693. The van der Waals surface area contributed by atoms with E-state index in [0.29, 0.717) is 17.7 Å². The van der Waals surface area contributed by atoms with Gasteiger partial charge in [0, 0.05) is 24.1 Å². The first kappa shape index (κ1) is 22.4. The fourth-order valence-corrected chi connectivity index (χ4v) is 4.96. The smallest absolute Gasteiger partial charge is 0.242 e. The van der Waals surface area contributed by atoms with Gasteiger partial charge in [0.25, 0.3) is 0 Å². The molecule has 164 valence electrons. The lowest BCUT2D eigenvalue weighted by molar-refractivity contribution is -0.128. The first-order valence-electron chi connectivity index (χ1n) is 10.5. The second-order valence-electron chi connectivity index (χ2n) is 8.63. The van der Waals surface area contributed by atoms with Crippen LogP contribution in [0.4, 0.5) is 0 Å². The van der Waals surface area contributed by atoms with E-state index in [-0.39, 0.29) is 11.9 Å². The highest BCUT2D eigenvalue weighted by Gasteiger charge is 2.38. The van der Waals surface area contributed by atoms with Crippen LogP contribution in [0.15, 0.2) is 64.5 Å². The van der Waals surface area contributed by atoms with Crippen molar-refractivity contribution in [2.75, 3.05) is 7.05 Å². The van der Waals surface area contributed by atoms with E-state index in [9.17, 15) is 15.3 Å². The number of thioether (sulfide) groups is 1. The van der Waals surface area contributed by atoms with Gasteiger partial charge in [0.1, 0.15) is 5.92 Å². The molecule has 6 nitrogen and oxygen atoms in total. The molecule has 1 amide bonds. The number of nitrogens with zero attached hydrogens (tertiary/aromatic N) is 3. The maximum atomic E-state index is 13.3. The predicted octanol–water partition coefficient (Wildman–Crippen LogP) is 4.83. The van der Waals surface area contributed by atoms with E-state index >= 15 is 0 Å². The molecular formula is C26H23N5OS. The third kappa shape index (κ3) is 4.16. The Morgan fingerprint density at radius 1 is 1.18 bits per heavy atom. The van der Waals surface area contributed by atoms with Crippen molar-refractivity contribution in [2.45, 2.75) is 31.6 Å². The Labute approximate surface area is 197 Å². The van der Waals surface area contributed by atoms with E-state index < -0.39 is 11.3 Å². The van der Waals surface area contributed by atoms with Crippen molar-refractivity contribution < 1.29 is 4.79 Å². The Bertz CT molecular complexity index is 1290. The fraction of sp³-hybridized carbons (Fsp3) is 0.231. The Kier molecular flexibility index (Phi) is 5.84. The van der Waals surface area contributed by atoms with Crippen LogP contribution in [0.2, 0.25) is 0 Å². The molecule has 0 spiro atoms. The molecule has 4 rings (SSSR count). The van der Waals surface area contributed by atoms with Crippen LogP contribution in [-0.2, 0) is 10.2 Å². The van der Waals surface area contributed by atoms with E-state index in [1.807, 2.05) is 61.7 Å². The maximum Gasteiger partial charge on any atom is 0.242 e. The minimum absolute atomic E-state index is 0.0431. The molecule has 2 aromatic carbocycles.